The number of aryl methyl sites for hydroxylation is 2. The zero-order valence-corrected chi connectivity index (χ0v) is 25.7. The van der Waals surface area contributed by atoms with Crippen molar-refractivity contribution in [3.63, 3.8) is 0 Å². The Morgan fingerprint density at radius 3 is 2.56 bits per heavy atom. The van der Waals surface area contributed by atoms with Gasteiger partial charge in [-0.3, -0.25) is 0 Å². The molecule has 0 amide bonds. The fourth-order valence-corrected chi connectivity index (χ4v) is 7.02. The van der Waals surface area contributed by atoms with Gasteiger partial charge in [0.05, 0.1) is 0 Å². The van der Waals surface area contributed by atoms with Crippen LogP contribution in [0.3, 0.4) is 0 Å². The second-order valence-corrected chi connectivity index (χ2v) is 12.2. The molecule has 0 radical (unpaired) electrons. The van der Waals surface area contributed by atoms with Crippen LogP contribution in [0.4, 0.5) is 0 Å². The van der Waals surface area contributed by atoms with Crippen LogP contribution in [0, 0.1) is 18.8 Å². The Morgan fingerprint density at radius 2 is 1.64 bits per heavy atom. The van der Waals surface area contributed by atoms with Crippen molar-refractivity contribution >= 4 is 39.8 Å². The van der Waals surface area contributed by atoms with Gasteiger partial charge in [0.2, 0.25) is 0 Å². The zero-order chi connectivity index (χ0) is 30.3. The van der Waals surface area contributed by atoms with E-state index in [9.17, 15) is 0 Å². The molecule has 4 aliphatic rings. The molecule has 0 fully saturated rings. The van der Waals surface area contributed by atoms with Gasteiger partial charge in [-0.1, -0.05) is 103 Å². The second kappa shape index (κ2) is 11.4. The highest BCUT2D eigenvalue weighted by molar-refractivity contribution is 6.05. The molecule has 2 aromatic carbocycles. The van der Waals surface area contributed by atoms with Crippen molar-refractivity contribution in [1.29, 1.82) is 0 Å². The highest BCUT2D eigenvalue weighted by atomic mass is 16.3. The summed E-state index contributed by atoms with van der Waals surface area (Å²) in [7, 11) is 0. The first-order valence-electron chi connectivity index (χ1n) is 16.0. The van der Waals surface area contributed by atoms with Crippen molar-refractivity contribution in [2.75, 3.05) is 0 Å². The third-order valence-corrected chi connectivity index (χ3v) is 9.27. The van der Waals surface area contributed by atoms with Crippen LogP contribution in [0.2, 0.25) is 0 Å². The number of allylic oxidation sites excluding steroid dienone is 14. The third-order valence-electron chi connectivity index (χ3n) is 9.27. The van der Waals surface area contributed by atoms with E-state index in [1.165, 1.54) is 22.3 Å². The number of hydrogen-bond donors (Lipinski definition) is 0. The summed E-state index contributed by atoms with van der Waals surface area (Å²) in [5, 5.41) is 1.15. The smallest absolute Gasteiger partial charge is 0.164 e. The minimum atomic E-state index is 0.297. The van der Waals surface area contributed by atoms with E-state index in [1.54, 1.807) is 0 Å². The number of nitrogens with zero attached hydrogens (tertiary/aromatic N) is 3. The highest BCUT2D eigenvalue weighted by Crippen LogP contribution is 2.41. The van der Waals surface area contributed by atoms with Crippen molar-refractivity contribution in [3.05, 3.63) is 143 Å². The minimum absolute atomic E-state index is 0.297. The Morgan fingerprint density at radius 1 is 0.822 bits per heavy atom. The van der Waals surface area contributed by atoms with Gasteiger partial charge < -0.3 is 4.42 Å². The summed E-state index contributed by atoms with van der Waals surface area (Å²) in [4.78, 5) is 15.5. The molecule has 0 saturated carbocycles. The molecule has 220 valence electrons. The van der Waals surface area contributed by atoms with Gasteiger partial charge in [0.15, 0.2) is 17.5 Å². The highest BCUT2D eigenvalue weighted by Gasteiger charge is 2.24. The maximum absolute atomic E-state index is 6.22. The Hall–Kier alpha value is -5.09. The number of benzene rings is 2. The van der Waals surface area contributed by atoms with E-state index in [1.807, 2.05) is 6.92 Å². The fraction of sp³-hybridized carbons (Fsp3) is 0.195. The molecule has 4 aliphatic carbocycles. The number of hydrogen-bond acceptors (Lipinski definition) is 4. The first-order valence-corrected chi connectivity index (χ1v) is 16.0. The van der Waals surface area contributed by atoms with Crippen molar-refractivity contribution < 1.29 is 4.42 Å². The quantitative estimate of drug-likeness (QED) is 0.234. The van der Waals surface area contributed by atoms with Gasteiger partial charge in [-0.05, 0) is 73.9 Å². The van der Waals surface area contributed by atoms with Crippen molar-refractivity contribution in [2.24, 2.45) is 11.8 Å². The average Bonchev–Trinajstić information content (AvgIpc) is 3.42. The molecule has 2 aromatic heterocycles. The van der Waals surface area contributed by atoms with Crippen LogP contribution in [-0.2, 0) is 6.42 Å². The topological polar surface area (TPSA) is 51.8 Å². The minimum Gasteiger partial charge on any atom is -0.461 e. The molecule has 2 heterocycles. The van der Waals surface area contributed by atoms with Crippen LogP contribution < -0.4 is 0 Å². The Labute approximate surface area is 264 Å². The number of aromatic nitrogens is 3. The molecule has 2 unspecified atom stereocenters. The van der Waals surface area contributed by atoms with Gasteiger partial charge >= 0.3 is 0 Å². The molecule has 2 atom stereocenters. The molecule has 0 N–H and O–H groups in total. The molecule has 0 saturated heterocycles. The van der Waals surface area contributed by atoms with Crippen LogP contribution in [0.15, 0.2) is 108 Å². The molecule has 4 nitrogen and oxygen atoms in total. The van der Waals surface area contributed by atoms with E-state index >= 15 is 0 Å². The Balaban J connectivity index is 1.34. The van der Waals surface area contributed by atoms with Gasteiger partial charge in [-0.15, -0.1) is 0 Å². The van der Waals surface area contributed by atoms with Gasteiger partial charge in [-0.2, -0.15) is 0 Å². The molecular formula is C41H35N3O. The van der Waals surface area contributed by atoms with Crippen LogP contribution in [0.5, 0.6) is 0 Å². The van der Waals surface area contributed by atoms with E-state index < -0.39 is 0 Å². The first kappa shape index (κ1) is 27.5. The lowest BCUT2D eigenvalue weighted by Crippen LogP contribution is -2.13. The van der Waals surface area contributed by atoms with Crippen LogP contribution in [0.25, 0.3) is 51.2 Å². The lowest BCUT2D eigenvalue weighted by Gasteiger charge is -2.23. The summed E-state index contributed by atoms with van der Waals surface area (Å²) in [5.74, 6) is 3.72. The largest absolute Gasteiger partial charge is 0.461 e. The van der Waals surface area contributed by atoms with Crippen molar-refractivity contribution in [3.8, 4) is 11.4 Å². The van der Waals surface area contributed by atoms with E-state index in [4.69, 9.17) is 19.4 Å². The molecule has 8 rings (SSSR count). The van der Waals surface area contributed by atoms with E-state index in [-0.39, 0.29) is 0 Å². The third kappa shape index (κ3) is 5.01. The number of rotatable bonds is 5. The average molecular weight is 586 g/mol. The second-order valence-electron chi connectivity index (χ2n) is 12.2. The summed E-state index contributed by atoms with van der Waals surface area (Å²) in [6.45, 7) is 4.09. The SMILES string of the molecule is C/C=C\c1c(C)oc2cccc(C3=C(c4nc(C5=CC6C=CC=CC6C=C5)nc(-c5ccc6c(c5)CCC=C6)n4)C=CCC3)c12. The van der Waals surface area contributed by atoms with Gasteiger partial charge in [-0.25, -0.2) is 15.0 Å². The van der Waals surface area contributed by atoms with Crippen LogP contribution in [-0.4, -0.2) is 15.0 Å². The summed E-state index contributed by atoms with van der Waals surface area (Å²) in [6, 6.07) is 13.0. The summed E-state index contributed by atoms with van der Waals surface area (Å²) in [5.41, 5.74) is 10.2. The molecule has 0 aliphatic heterocycles. The van der Waals surface area contributed by atoms with Gasteiger partial charge in [0, 0.05) is 39.5 Å². The molecule has 45 heavy (non-hydrogen) atoms. The number of fused-ring (bicyclic) bond motifs is 3. The summed E-state index contributed by atoms with van der Waals surface area (Å²) < 4.78 is 6.22. The molecule has 4 heteroatoms. The molecular weight excluding hydrogens is 550 g/mol. The molecule has 4 aromatic rings. The first-order chi connectivity index (χ1) is 22.2. The predicted octanol–water partition coefficient (Wildman–Crippen LogP) is 10.2. The Kier molecular flexibility index (Phi) is 6.98. The normalized spacial score (nSPS) is 20.3. The fourth-order valence-electron chi connectivity index (χ4n) is 7.02. The maximum Gasteiger partial charge on any atom is 0.164 e. The predicted molar refractivity (Wildman–Crippen MR) is 186 cm³/mol. The van der Waals surface area contributed by atoms with E-state index in [2.05, 4.69) is 122 Å². The van der Waals surface area contributed by atoms with Crippen LogP contribution >= 0.6 is 0 Å². The monoisotopic (exact) mass is 585 g/mol. The lowest BCUT2D eigenvalue weighted by atomic mass is 9.83. The Bertz CT molecular complexity index is 2090. The maximum atomic E-state index is 6.22. The summed E-state index contributed by atoms with van der Waals surface area (Å²) in [6.07, 6.45) is 32.6. The van der Waals surface area contributed by atoms with Gasteiger partial charge in [0.25, 0.3) is 0 Å². The zero-order valence-electron chi connectivity index (χ0n) is 25.7. The molecule has 0 bridgehead atoms. The lowest BCUT2D eigenvalue weighted by molar-refractivity contribution is 0.577. The standard InChI is InChI=1S/C41H35N3O/c1-3-11-33-26(2)45-37-19-10-18-35(38(33)37)34-16-8-9-17-36(34)41-43-39(31-22-20-27-12-4-6-14-29(27)24-31)42-40(44-41)32-23-21-28-13-5-7-15-30(28)25-32/h3-6,9-14,17-25,27,29H,7-8,15-16H2,1-2H3/b11-3-. The van der Waals surface area contributed by atoms with Crippen LogP contribution in [0.1, 0.15) is 65.8 Å². The number of furan rings is 1. The van der Waals surface area contributed by atoms with Crippen molar-refractivity contribution in [1.82, 2.24) is 15.0 Å². The van der Waals surface area contributed by atoms with E-state index in [0.29, 0.717) is 29.3 Å². The van der Waals surface area contributed by atoms with E-state index in [0.717, 1.165) is 64.7 Å². The van der Waals surface area contributed by atoms with Gasteiger partial charge in [0.1, 0.15) is 11.3 Å². The summed E-state index contributed by atoms with van der Waals surface area (Å²) >= 11 is 0. The van der Waals surface area contributed by atoms with Crippen molar-refractivity contribution in [2.45, 2.75) is 39.5 Å². The molecule has 0 spiro atoms.